The van der Waals surface area contributed by atoms with Gasteiger partial charge in [0.25, 0.3) is 16.7 Å². The van der Waals surface area contributed by atoms with Crippen LogP contribution in [0, 0.1) is 20.8 Å². The minimum atomic E-state index is -4.99. The van der Waals surface area contributed by atoms with Crippen LogP contribution in [0.5, 0.6) is 0 Å². The van der Waals surface area contributed by atoms with Crippen molar-refractivity contribution in [3.05, 3.63) is 125 Å². The first-order valence-corrected chi connectivity index (χ1v) is 40.8. The molecule has 10 rings (SSSR count). The summed E-state index contributed by atoms with van der Waals surface area (Å²) in [6.07, 6.45) is -25.8. The predicted molar refractivity (Wildman–Crippen MR) is 364 cm³/mol. The fraction of sp³-hybridized carbons (Fsp3) is 0.548. The molecule has 48 heteroatoms. The van der Waals surface area contributed by atoms with Gasteiger partial charge in [-0.2, -0.15) is 107 Å². The summed E-state index contributed by atoms with van der Waals surface area (Å²) in [6, 6.07) is 1.80. The number of carbonyl (C=O) groups is 1. The topological polar surface area (TPSA) is 236 Å². The van der Waals surface area contributed by atoms with E-state index in [-0.39, 0.29) is 48.5 Å². The van der Waals surface area contributed by atoms with Gasteiger partial charge in [0.1, 0.15) is 17.9 Å². The van der Waals surface area contributed by atoms with Crippen LogP contribution in [0.1, 0.15) is 81.1 Å². The predicted octanol–water partition coefficient (Wildman–Crippen LogP) is 14.9. The van der Waals surface area contributed by atoms with Crippen molar-refractivity contribution >= 4 is 68.3 Å². The Bertz CT molecular complexity index is 4820. The molecule has 0 aliphatic carbocycles. The lowest BCUT2D eigenvalue weighted by molar-refractivity contribution is -0.156. The summed E-state index contributed by atoms with van der Waals surface area (Å²) in [5.74, 6) is -0.606. The highest BCUT2D eigenvalue weighted by Crippen LogP contribution is 2.39. The normalized spacial score (nSPS) is 14.5. The molecular formula is C62H74BBrF21N15O8Si2. The molecule has 0 radical (unpaired) electrons. The molecule has 0 aromatic carbocycles. The molecule has 0 spiro atoms. The summed E-state index contributed by atoms with van der Waals surface area (Å²) in [4.78, 5) is 59.9. The molecular weight excluding hydrogens is 1630 g/mol. The standard InChI is InChI=1S/C20H25F6N5O2Si.C14H19BrF3N3O2Si.C14H11F6N5O.C12H18BF3N2O2.C2HF3O/c1-13-10-30-17(32)15(14-9-27-29(11-14)6-5-19(21,22)23)16(20(24,25)26)28-18(30)31(13)12-33-7-8-34(2,3)4;1-9-7-20-12(22)10(15)11(14(16,17)18)19-13(20)21(9)8-23-5-6-24(2,3)4;1-7-5-25-11(26)9(10(14(18,19)20)23-12(25)22-7)8-4-21-24(6-8)3-2-13(15,16)17;1-10(2)11(3,4)20-13(19-10)9-7-17-18(8-9)6-5-12(14,15)16;3-2(4,5)1-6/h9-11H,5-8,12H2,1-4H3;7H,5-6,8H2,1-4H3;4-6H,2-3H2,1H3,(H,22,23);7-8H,5-6H2,1-4H3;1H. The highest BCUT2D eigenvalue weighted by molar-refractivity contribution is 9.10. The summed E-state index contributed by atoms with van der Waals surface area (Å²) < 4.78 is 294. The largest absolute Gasteiger partial charge is 0.498 e. The number of nitrogens with zero attached hydrogens (tertiary/aromatic N) is 14. The molecule has 1 aliphatic rings. The lowest BCUT2D eigenvalue weighted by Crippen LogP contribution is -2.41. The average Bonchev–Trinajstić information content (AvgIpc) is 1.63. The van der Waals surface area contributed by atoms with E-state index in [9.17, 15) is 107 Å². The fourth-order valence-corrected chi connectivity index (χ4v) is 11.7. The van der Waals surface area contributed by atoms with Crippen molar-refractivity contribution in [3.8, 4) is 22.3 Å². The van der Waals surface area contributed by atoms with Crippen molar-refractivity contribution in [3.63, 3.8) is 0 Å². The van der Waals surface area contributed by atoms with Crippen LogP contribution >= 0.6 is 15.9 Å². The first kappa shape index (κ1) is 90.8. The molecule has 0 unspecified atom stereocenters. The highest BCUT2D eigenvalue weighted by atomic mass is 79.9. The third kappa shape index (κ3) is 25.2. The summed E-state index contributed by atoms with van der Waals surface area (Å²) in [6.45, 7) is 25.2. The van der Waals surface area contributed by atoms with Crippen LogP contribution in [0.3, 0.4) is 0 Å². The summed E-state index contributed by atoms with van der Waals surface area (Å²) in [5.41, 5.74) is -7.82. The molecule has 0 saturated carbocycles. The number of carbonyl (C=O) groups excluding carboxylic acids is 1. The number of H-pyrrole nitrogens is 1. The van der Waals surface area contributed by atoms with Gasteiger partial charge in [0, 0.05) is 126 Å². The second kappa shape index (κ2) is 34.1. The van der Waals surface area contributed by atoms with Crippen molar-refractivity contribution in [2.75, 3.05) is 13.2 Å². The molecule has 23 nitrogen and oxygen atoms in total. The number of aromatic nitrogens is 15. The smallest absolute Gasteiger partial charge is 0.399 e. The van der Waals surface area contributed by atoms with Crippen LogP contribution in [-0.4, -0.2) is 150 Å². The van der Waals surface area contributed by atoms with E-state index >= 15 is 0 Å². The van der Waals surface area contributed by atoms with E-state index in [4.69, 9.17) is 23.6 Å². The van der Waals surface area contributed by atoms with Crippen molar-refractivity contribution in [1.29, 1.82) is 0 Å². The Morgan fingerprint density at radius 3 is 1.24 bits per heavy atom. The van der Waals surface area contributed by atoms with E-state index in [0.717, 1.165) is 59.4 Å². The third-order valence-electron chi connectivity index (χ3n) is 16.1. The number of aryl methyl sites for hydroxylation is 6. The quantitative estimate of drug-likeness (QED) is 0.0343. The van der Waals surface area contributed by atoms with Gasteiger partial charge in [0.15, 0.2) is 17.1 Å². The molecule has 0 amide bonds. The summed E-state index contributed by atoms with van der Waals surface area (Å²) in [7, 11) is -3.23. The Morgan fingerprint density at radius 1 is 0.509 bits per heavy atom. The van der Waals surface area contributed by atoms with Gasteiger partial charge in [-0.3, -0.25) is 55.6 Å². The van der Waals surface area contributed by atoms with Crippen molar-refractivity contribution < 1.29 is 116 Å². The molecule has 9 aromatic rings. The maximum atomic E-state index is 13.9. The number of aldehydes is 1. The first-order valence-electron chi connectivity index (χ1n) is 32.6. The van der Waals surface area contributed by atoms with E-state index in [1.807, 2.05) is 27.7 Å². The molecule has 10 heterocycles. The molecule has 9 aromatic heterocycles. The average molecular weight is 1700 g/mol. The minimum absolute atomic E-state index is 0.0538. The number of rotatable bonds is 19. The number of aromatic amines is 1. The number of nitrogens with one attached hydrogen (secondary N) is 1. The summed E-state index contributed by atoms with van der Waals surface area (Å²) >= 11 is 2.70. The van der Waals surface area contributed by atoms with Gasteiger partial charge < -0.3 is 23.8 Å². The number of fused-ring (bicyclic) bond motifs is 3. The van der Waals surface area contributed by atoms with Crippen molar-refractivity contribution in [2.24, 2.45) is 0 Å². The van der Waals surface area contributed by atoms with Crippen molar-refractivity contribution in [1.82, 2.24) is 71.6 Å². The molecule has 0 atom stereocenters. The highest BCUT2D eigenvalue weighted by Gasteiger charge is 2.52. The molecule has 0 bridgehead atoms. The van der Waals surface area contributed by atoms with Gasteiger partial charge in [0.05, 0.1) is 54.0 Å². The van der Waals surface area contributed by atoms with E-state index < -0.39 is 166 Å². The van der Waals surface area contributed by atoms with Crippen LogP contribution in [0.15, 0.2) is 74.6 Å². The zero-order valence-electron chi connectivity index (χ0n) is 60.7. The SMILES string of the molecule is CC1(C)OB(c2cnn(CCC(F)(F)F)c2)OC1(C)C.Cc1cn2c(=O)c(-c3cnn(CCC(F)(F)F)c3)c(C(F)(F)F)nc2[nH]1.Cc1cn2c(=O)c(-c3cnn(CCC(F)(F)F)c3)c(C(F)(F)F)nc2n1COCC[Si](C)(C)C.Cc1cn2c(=O)c(Br)c(C(F)(F)F)nc2n1COCC[Si](C)(C)C.O=CC(F)(F)F. The van der Waals surface area contributed by atoms with Gasteiger partial charge in [0.2, 0.25) is 23.6 Å². The van der Waals surface area contributed by atoms with E-state index in [1.165, 1.54) is 51.7 Å². The van der Waals surface area contributed by atoms with Crippen LogP contribution in [-0.2, 0) is 75.2 Å². The lowest BCUT2D eigenvalue weighted by Gasteiger charge is -2.32. The zero-order chi connectivity index (χ0) is 83.4. The van der Waals surface area contributed by atoms with Gasteiger partial charge in [-0.1, -0.05) is 39.3 Å². The van der Waals surface area contributed by atoms with E-state index in [1.54, 1.807) is 13.8 Å². The Kier molecular flexibility index (Phi) is 28.1. The van der Waals surface area contributed by atoms with Gasteiger partial charge in [-0.15, -0.1) is 0 Å². The van der Waals surface area contributed by atoms with E-state index in [0.29, 0.717) is 35.8 Å². The molecule has 1 N–H and O–H groups in total. The Balaban J connectivity index is 0.000000227. The van der Waals surface area contributed by atoms with Crippen LogP contribution in [0.2, 0.25) is 51.4 Å². The van der Waals surface area contributed by atoms with Crippen LogP contribution in [0.4, 0.5) is 92.2 Å². The zero-order valence-corrected chi connectivity index (χ0v) is 64.3. The number of alkyl halides is 21. The Morgan fingerprint density at radius 2 is 0.864 bits per heavy atom. The lowest BCUT2D eigenvalue weighted by atomic mass is 9.82. The second-order valence-electron chi connectivity index (χ2n) is 28.3. The molecule has 1 saturated heterocycles. The second-order valence-corrected chi connectivity index (χ2v) is 40.3. The fourth-order valence-electron chi connectivity index (χ4n) is 9.67. The summed E-state index contributed by atoms with van der Waals surface area (Å²) in [5, 5.41) is 11.2. The Labute approximate surface area is 621 Å². The maximum absolute atomic E-state index is 13.9. The minimum Gasteiger partial charge on any atom is -0.399 e. The number of halogens is 22. The molecule has 1 aliphatic heterocycles. The van der Waals surface area contributed by atoms with Crippen molar-refractivity contribution in [2.45, 2.75) is 207 Å². The number of hydrogen-bond acceptors (Lipinski definition) is 14. The van der Waals surface area contributed by atoms with Crippen LogP contribution < -0.4 is 22.1 Å². The Hall–Kier alpha value is -8.09. The number of ether oxygens (including phenoxy) is 2. The third-order valence-corrected chi connectivity index (χ3v) is 20.2. The molecule has 110 heavy (non-hydrogen) atoms. The van der Waals surface area contributed by atoms with Gasteiger partial charge in [-0.25, -0.2) is 15.0 Å². The number of imidazole rings is 3. The van der Waals surface area contributed by atoms with Crippen LogP contribution in [0.25, 0.3) is 39.6 Å². The van der Waals surface area contributed by atoms with E-state index in [2.05, 4.69) is 90.4 Å². The van der Waals surface area contributed by atoms with Gasteiger partial charge >= 0.3 is 50.4 Å². The first-order chi connectivity index (χ1) is 50.0. The monoisotopic (exact) mass is 1700 g/mol. The van der Waals surface area contributed by atoms with Gasteiger partial charge in [-0.05, 0) is 76.5 Å². The number of hydrogen-bond donors (Lipinski definition) is 1. The molecule has 1 fully saturated rings. The maximum Gasteiger partial charge on any atom is 0.498 e. The molecule has 610 valence electrons.